The molecule has 1 saturated heterocycles. The zero-order valence-electron chi connectivity index (χ0n) is 19.4. The second-order valence-electron chi connectivity index (χ2n) is 8.55. The first-order chi connectivity index (χ1) is 16.9. The molecule has 0 saturated carbocycles. The normalized spacial score (nSPS) is 15.9. The number of carbonyl (C=O) groups is 2. The van der Waals surface area contributed by atoms with Gasteiger partial charge in [0, 0.05) is 55.1 Å². The molecule has 2 aromatic heterocycles. The van der Waals surface area contributed by atoms with Crippen molar-refractivity contribution >= 4 is 23.4 Å². The Morgan fingerprint density at radius 2 is 1.83 bits per heavy atom. The van der Waals surface area contributed by atoms with Crippen molar-refractivity contribution in [3.8, 4) is 16.9 Å². The Bertz CT molecular complexity index is 1400. The molecule has 9 nitrogen and oxygen atoms in total. The van der Waals surface area contributed by atoms with Crippen LogP contribution in [0.5, 0.6) is 0 Å². The first-order valence-electron chi connectivity index (χ1n) is 11.3. The van der Waals surface area contributed by atoms with Gasteiger partial charge in [-0.1, -0.05) is 29.8 Å². The molecule has 0 radical (unpaired) electrons. The molecule has 10 heteroatoms. The van der Waals surface area contributed by atoms with E-state index in [0.717, 1.165) is 16.9 Å². The average Bonchev–Trinajstić information content (AvgIpc) is 3.53. The van der Waals surface area contributed by atoms with Gasteiger partial charge in [0.2, 0.25) is 5.82 Å². The van der Waals surface area contributed by atoms with Crippen molar-refractivity contribution in [2.24, 2.45) is 7.05 Å². The molecule has 0 aliphatic carbocycles. The lowest BCUT2D eigenvalue weighted by atomic mass is 10.1. The summed E-state index contributed by atoms with van der Waals surface area (Å²) in [5.41, 5.74) is 3.03. The number of piperazine rings is 1. The van der Waals surface area contributed by atoms with Gasteiger partial charge in [-0.2, -0.15) is 5.10 Å². The van der Waals surface area contributed by atoms with E-state index < -0.39 is 0 Å². The standard InChI is InChI=1S/C25H24ClN7O2/c1-17-15-31(25(35)23-27-16-33(29-23)21-8-4-7-20(26)14-21)11-12-32(17)24(34)19-6-3-5-18(13-19)22-9-10-30(2)28-22/h3-10,13-14,16-17H,11-12,15H2,1-2H3. The predicted octanol–water partition coefficient (Wildman–Crippen LogP) is 3.31. The number of nitrogens with zero attached hydrogens (tertiary/aromatic N) is 7. The van der Waals surface area contributed by atoms with E-state index in [1.165, 1.54) is 11.0 Å². The minimum Gasteiger partial charge on any atom is -0.332 e. The monoisotopic (exact) mass is 489 g/mol. The number of hydrogen-bond acceptors (Lipinski definition) is 5. The Labute approximate surface area is 207 Å². The Kier molecular flexibility index (Phi) is 6.08. The van der Waals surface area contributed by atoms with Crippen LogP contribution in [0, 0.1) is 0 Å². The topological polar surface area (TPSA) is 89.2 Å². The molecule has 0 bridgehead atoms. The van der Waals surface area contributed by atoms with E-state index >= 15 is 0 Å². The molecule has 1 aliphatic rings. The quantitative estimate of drug-likeness (QED) is 0.439. The van der Waals surface area contributed by atoms with Crippen LogP contribution in [0.15, 0.2) is 67.1 Å². The highest BCUT2D eigenvalue weighted by molar-refractivity contribution is 6.30. The fourth-order valence-electron chi connectivity index (χ4n) is 4.24. The van der Waals surface area contributed by atoms with Gasteiger partial charge in [0.05, 0.1) is 11.4 Å². The van der Waals surface area contributed by atoms with Crippen molar-refractivity contribution in [2.75, 3.05) is 19.6 Å². The van der Waals surface area contributed by atoms with E-state index in [0.29, 0.717) is 30.2 Å². The number of amides is 2. The summed E-state index contributed by atoms with van der Waals surface area (Å²) in [5, 5.41) is 9.33. The molecule has 178 valence electrons. The summed E-state index contributed by atoms with van der Waals surface area (Å²) >= 11 is 6.05. The van der Waals surface area contributed by atoms with Crippen LogP contribution >= 0.6 is 11.6 Å². The van der Waals surface area contributed by atoms with Crippen LogP contribution in [-0.4, -0.2) is 71.8 Å². The highest BCUT2D eigenvalue weighted by Gasteiger charge is 2.32. The van der Waals surface area contributed by atoms with Crippen LogP contribution in [-0.2, 0) is 7.05 Å². The first kappa shape index (κ1) is 22.8. The molecule has 2 aromatic carbocycles. The third kappa shape index (κ3) is 4.67. The van der Waals surface area contributed by atoms with Crippen LogP contribution in [0.2, 0.25) is 5.02 Å². The van der Waals surface area contributed by atoms with E-state index in [-0.39, 0.29) is 23.7 Å². The maximum atomic E-state index is 13.3. The summed E-state index contributed by atoms with van der Waals surface area (Å²) in [4.78, 5) is 34.0. The smallest absolute Gasteiger partial charge is 0.293 e. The maximum absolute atomic E-state index is 13.3. The molecule has 4 aromatic rings. The van der Waals surface area contributed by atoms with Crippen LogP contribution in [0.1, 0.15) is 27.9 Å². The predicted molar refractivity (Wildman–Crippen MR) is 131 cm³/mol. The Hall–Kier alpha value is -3.98. The summed E-state index contributed by atoms with van der Waals surface area (Å²) in [6, 6.07) is 16.4. The van der Waals surface area contributed by atoms with E-state index in [1.54, 1.807) is 26.6 Å². The lowest BCUT2D eigenvalue weighted by Gasteiger charge is -2.39. The molecule has 1 aliphatic heterocycles. The van der Waals surface area contributed by atoms with Gasteiger partial charge >= 0.3 is 0 Å². The summed E-state index contributed by atoms with van der Waals surface area (Å²) in [6.45, 7) is 3.17. The lowest BCUT2D eigenvalue weighted by Crippen LogP contribution is -2.55. The number of hydrogen-bond donors (Lipinski definition) is 0. The zero-order chi connectivity index (χ0) is 24.5. The highest BCUT2D eigenvalue weighted by atomic mass is 35.5. The largest absolute Gasteiger partial charge is 0.332 e. The van der Waals surface area contributed by atoms with Crippen LogP contribution < -0.4 is 0 Å². The Balaban J connectivity index is 1.27. The average molecular weight is 490 g/mol. The van der Waals surface area contributed by atoms with E-state index in [9.17, 15) is 9.59 Å². The van der Waals surface area contributed by atoms with Crippen LogP contribution in [0.25, 0.3) is 16.9 Å². The fraction of sp³-hybridized carbons (Fsp3) is 0.240. The van der Waals surface area contributed by atoms with Gasteiger partial charge in [-0.05, 0) is 43.3 Å². The van der Waals surface area contributed by atoms with Crippen molar-refractivity contribution in [1.29, 1.82) is 0 Å². The number of aryl methyl sites for hydroxylation is 1. The molecule has 2 amide bonds. The van der Waals surface area contributed by atoms with Crippen molar-refractivity contribution in [3.63, 3.8) is 0 Å². The molecule has 0 spiro atoms. The molecule has 35 heavy (non-hydrogen) atoms. The first-order valence-corrected chi connectivity index (χ1v) is 11.6. The van der Waals surface area contributed by atoms with Gasteiger partial charge in [0.15, 0.2) is 0 Å². The Morgan fingerprint density at radius 1 is 1.00 bits per heavy atom. The summed E-state index contributed by atoms with van der Waals surface area (Å²) in [6.07, 6.45) is 3.37. The van der Waals surface area contributed by atoms with Gasteiger partial charge in [-0.3, -0.25) is 14.3 Å². The van der Waals surface area contributed by atoms with E-state index in [4.69, 9.17) is 11.6 Å². The summed E-state index contributed by atoms with van der Waals surface area (Å²) in [5.74, 6) is -0.215. The molecule has 1 unspecified atom stereocenters. The van der Waals surface area contributed by atoms with Crippen molar-refractivity contribution in [1.82, 2.24) is 34.3 Å². The number of halogens is 1. The number of rotatable bonds is 4. The Morgan fingerprint density at radius 3 is 2.57 bits per heavy atom. The third-order valence-corrected chi connectivity index (χ3v) is 6.29. The molecule has 1 fully saturated rings. The van der Waals surface area contributed by atoms with E-state index in [1.807, 2.05) is 62.6 Å². The molecule has 5 rings (SSSR count). The third-order valence-electron chi connectivity index (χ3n) is 6.05. The second kappa shape index (κ2) is 9.34. The lowest BCUT2D eigenvalue weighted by molar-refractivity contribution is 0.0408. The summed E-state index contributed by atoms with van der Waals surface area (Å²) < 4.78 is 3.26. The maximum Gasteiger partial charge on any atom is 0.293 e. The van der Waals surface area contributed by atoms with Crippen LogP contribution in [0.3, 0.4) is 0 Å². The highest BCUT2D eigenvalue weighted by Crippen LogP contribution is 2.21. The number of aromatic nitrogens is 5. The van der Waals surface area contributed by atoms with Gasteiger partial charge in [0.25, 0.3) is 11.8 Å². The van der Waals surface area contributed by atoms with Gasteiger partial charge in [0.1, 0.15) is 6.33 Å². The summed E-state index contributed by atoms with van der Waals surface area (Å²) in [7, 11) is 1.86. The van der Waals surface area contributed by atoms with Crippen LogP contribution in [0.4, 0.5) is 0 Å². The van der Waals surface area contributed by atoms with Crippen molar-refractivity contribution < 1.29 is 9.59 Å². The number of carbonyl (C=O) groups excluding carboxylic acids is 2. The zero-order valence-corrected chi connectivity index (χ0v) is 20.1. The van der Waals surface area contributed by atoms with Gasteiger partial charge < -0.3 is 9.80 Å². The minimum atomic E-state index is -0.262. The number of benzene rings is 2. The molecule has 3 heterocycles. The van der Waals surface area contributed by atoms with Gasteiger partial charge in [-0.25, -0.2) is 9.67 Å². The second-order valence-corrected chi connectivity index (χ2v) is 8.98. The van der Waals surface area contributed by atoms with Crippen molar-refractivity contribution in [2.45, 2.75) is 13.0 Å². The SMILES string of the molecule is CC1CN(C(=O)c2ncn(-c3cccc(Cl)c3)n2)CCN1C(=O)c1cccc(-c2ccn(C)n2)c1. The molecule has 0 N–H and O–H groups in total. The van der Waals surface area contributed by atoms with E-state index in [2.05, 4.69) is 15.2 Å². The van der Waals surface area contributed by atoms with Gasteiger partial charge in [-0.15, -0.1) is 5.10 Å². The molecular weight excluding hydrogens is 466 g/mol. The molecular formula is C25H24ClN7O2. The minimum absolute atomic E-state index is 0.0641. The molecule has 1 atom stereocenters. The van der Waals surface area contributed by atoms with Crippen molar-refractivity contribution in [3.05, 3.63) is 83.5 Å². The fourth-order valence-corrected chi connectivity index (χ4v) is 4.42.